The third-order valence-corrected chi connectivity index (χ3v) is 2.51. The molecule has 6 heteroatoms. The number of ether oxygens (including phenoxy) is 2. The molecule has 1 aromatic rings. The fourth-order valence-electron chi connectivity index (χ4n) is 1.46. The maximum Gasteiger partial charge on any atom is 0.330 e. The highest BCUT2D eigenvalue weighted by molar-refractivity contribution is 5.81. The first kappa shape index (κ1) is 16.0. The zero-order valence-electron chi connectivity index (χ0n) is 11.0. The van der Waals surface area contributed by atoms with Crippen LogP contribution >= 0.6 is 0 Å². The van der Waals surface area contributed by atoms with Crippen LogP contribution in [0.25, 0.3) is 0 Å². The molecule has 20 heavy (non-hydrogen) atoms. The molecule has 1 atom stereocenters. The van der Waals surface area contributed by atoms with E-state index < -0.39 is 12.3 Å². The number of hydrogen-bond donors (Lipinski definition) is 3. The van der Waals surface area contributed by atoms with Crippen molar-refractivity contribution in [1.82, 2.24) is 0 Å². The number of phenolic OH excluding ortho intramolecular Hbond substituents is 2. The minimum atomic E-state index is -1.27. The van der Waals surface area contributed by atoms with Gasteiger partial charge in [-0.15, -0.1) is 0 Å². The van der Waals surface area contributed by atoms with Crippen LogP contribution in [-0.2, 0) is 14.3 Å². The molecule has 0 spiro atoms. The highest BCUT2D eigenvalue weighted by Gasteiger charge is 2.12. The SMILES string of the molecule is C=CC(=O)OCCCCOC(O)c1ccc(O)cc1O. The van der Waals surface area contributed by atoms with E-state index in [1.807, 2.05) is 0 Å². The van der Waals surface area contributed by atoms with Crippen LogP contribution < -0.4 is 0 Å². The molecule has 0 radical (unpaired) electrons. The molecule has 0 aliphatic rings. The highest BCUT2D eigenvalue weighted by atomic mass is 16.6. The Morgan fingerprint density at radius 3 is 2.65 bits per heavy atom. The summed E-state index contributed by atoms with van der Waals surface area (Å²) in [6.07, 6.45) is 0.994. The number of carbonyl (C=O) groups excluding carboxylic acids is 1. The average molecular weight is 282 g/mol. The molecule has 0 fully saturated rings. The molecular formula is C14H18O6. The predicted molar refractivity (Wildman–Crippen MR) is 71.1 cm³/mol. The number of aromatic hydroxyl groups is 2. The molecule has 3 N–H and O–H groups in total. The van der Waals surface area contributed by atoms with Gasteiger partial charge in [0.15, 0.2) is 6.29 Å². The third kappa shape index (κ3) is 5.29. The fourth-order valence-corrected chi connectivity index (χ4v) is 1.46. The second kappa shape index (κ2) is 8.19. The highest BCUT2D eigenvalue weighted by Crippen LogP contribution is 2.28. The van der Waals surface area contributed by atoms with Gasteiger partial charge in [-0.2, -0.15) is 0 Å². The summed E-state index contributed by atoms with van der Waals surface area (Å²) in [6.45, 7) is 3.77. The Balaban J connectivity index is 2.24. The van der Waals surface area contributed by atoms with E-state index in [-0.39, 0.29) is 30.3 Å². The molecular weight excluding hydrogens is 264 g/mol. The number of hydrogen-bond acceptors (Lipinski definition) is 6. The van der Waals surface area contributed by atoms with Gasteiger partial charge >= 0.3 is 5.97 Å². The van der Waals surface area contributed by atoms with Gasteiger partial charge in [-0.05, 0) is 25.0 Å². The van der Waals surface area contributed by atoms with Crippen LogP contribution in [0, 0.1) is 0 Å². The number of phenols is 2. The summed E-state index contributed by atoms with van der Waals surface area (Å²) < 4.78 is 9.91. The van der Waals surface area contributed by atoms with Gasteiger partial charge in [-0.1, -0.05) is 6.58 Å². The van der Waals surface area contributed by atoms with E-state index in [1.54, 1.807) is 0 Å². The number of unbranched alkanes of at least 4 members (excludes halogenated alkanes) is 1. The summed E-state index contributed by atoms with van der Waals surface area (Å²) in [7, 11) is 0. The molecule has 0 saturated heterocycles. The topological polar surface area (TPSA) is 96.2 Å². The minimum Gasteiger partial charge on any atom is -0.508 e. The maximum atomic E-state index is 10.7. The van der Waals surface area contributed by atoms with Gasteiger partial charge < -0.3 is 24.8 Å². The Labute approximate surface area is 116 Å². The second-order valence-corrected chi connectivity index (χ2v) is 4.04. The Kier molecular flexibility index (Phi) is 6.55. The first-order chi connectivity index (χ1) is 9.54. The van der Waals surface area contributed by atoms with Crippen LogP contribution in [0.15, 0.2) is 30.9 Å². The molecule has 110 valence electrons. The van der Waals surface area contributed by atoms with Crippen molar-refractivity contribution in [3.63, 3.8) is 0 Å². The Morgan fingerprint density at radius 1 is 1.30 bits per heavy atom. The fraction of sp³-hybridized carbons (Fsp3) is 0.357. The van der Waals surface area contributed by atoms with E-state index in [2.05, 4.69) is 6.58 Å². The Bertz CT molecular complexity index is 457. The van der Waals surface area contributed by atoms with E-state index in [0.29, 0.717) is 12.8 Å². The Morgan fingerprint density at radius 2 is 2.00 bits per heavy atom. The first-order valence-corrected chi connectivity index (χ1v) is 6.15. The quantitative estimate of drug-likeness (QED) is 0.290. The van der Waals surface area contributed by atoms with E-state index >= 15 is 0 Å². The zero-order valence-corrected chi connectivity index (χ0v) is 11.0. The van der Waals surface area contributed by atoms with Crippen molar-refractivity contribution in [2.24, 2.45) is 0 Å². The van der Waals surface area contributed by atoms with Crippen molar-refractivity contribution in [2.45, 2.75) is 19.1 Å². The van der Waals surface area contributed by atoms with Crippen molar-refractivity contribution in [3.05, 3.63) is 36.4 Å². The summed E-state index contributed by atoms with van der Waals surface area (Å²) in [5.74, 6) is -0.806. The van der Waals surface area contributed by atoms with E-state index in [4.69, 9.17) is 14.6 Å². The number of aliphatic hydroxyl groups excluding tert-OH is 1. The van der Waals surface area contributed by atoms with Crippen LogP contribution in [0.1, 0.15) is 24.7 Å². The van der Waals surface area contributed by atoms with Gasteiger partial charge in [0.05, 0.1) is 13.2 Å². The normalized spacial score (nSPS) is 11.8. The number of aliphatic hydroxyl groups is 1. The van der Waals surface area contributed by atoms with Crippen LogP contribution in [0.2, 0.25) is 0 Å². The van der Waals surface area contributed by atoms with Gasteiger partial charge in [0.1, 0.15) is 11.5 Å². The molecule has 0 aromatic heterocycles. The lowest BCUT2D eigenvalue weighted by Crippen LogP contribution is -2.07. The van der Waals surface area contributed by atoms with E-state index in [0.717, 1.165) is 12.1 Å². The maximum absolute atomic E-state index is 10.7. The van der Waals surface area contributed by atoms with Gasteiger partial charge in [0, 0.05) is 17.7 Å². The number of benzene rings is 1. The standard InChI is InChI=1S/C14H18O6/c1-2-13(17)19-7-3-4-8-20-14(18)11-6-5-10(15)9-12(11)16/h2,5-6,9,14-16,18H,1,3-4,7-8H2. The van der Waals surface area contributed by atoms with Crippen LogP contribution in [-0.4, -0.2) is 34.5 Å². The Hall–Kier alpha value is -2.05. The molecule has 6 nitrogen and oxygen atoms in total. The second-order valence-electron chi connectivity index (χ2n) is 4.04. The largest absolute Gasteiger partial charge is 0.508 e. The average Bonchev–Trinajstić information content (AvgIpc) is 2.42. The number of esters is 1. The molecule has 1 unspecified atom stereocenters. The van der Waals surface area contributed by atoms with Crippen molar-refractivity contribution in [3.8, 4) is 11.5 Å². The lowest BCUT2D eigenvalue weighted by Gasteiger charge is -2.13. The van der Waals surface area contributed by atoms with E-state index in [9.17, 15) is 15.0 Å². The van der Waals surface area contributed by atoms with Crippen LogP contribution in [0.4, 0.5) is 0 Å². The van der Waals surface area contributed by atoms with Crippen molar-refractivity contribution < 1.29 is 29.6 Å². The van der Waals surface area contributed by atoms with Crippen LogP contribution in [0.5, 0.6) is 11.5 Å². The van der Waals surface area contributed by atoms with Crippen molar-refractivity contribution in [1.29, 1.82) is 0 Å². The monoisotopic (exact) mass is 282 g/mol. The summed E-state index contributed by atoms with van der Waals surface area (Å²) in [5, 5.41) is 28.4. The molecule has 0 bridgehead atoms. The van der Waals surface area contributed by atoms with Crippen LogP contribution in [0.3, 0.4) is 0 Å². The predicted octanol–water partition coefficient (Wildman–Crippen LogP) is 1.61. The third-order valence-electron chi connectivity index (χ3n) is 2.51. The lowest BCUT2D eigenvalue weighted by molar-refractivity contribution is -0.138. The number of rotatable bonds is 8. The first-order valence-electron chi connectivity index (χ1n) is 6.15. The summed E-state index contributed by atoms with van der Waals surface area (Å²) in [4.78, 5) is 10.7. The van der Waals surface area contributed by atoms with E-state index in [1.165, 1.54) is 12.1 Å². The molecule has 1 aromatic carbocycles. The summed E-state index contributed by atoms with van der Waals surface area (Å²) in [5.41, 5.74) is 0.181. The van der Waals surface area contributed by atoms with Gasteiger partial charge in [0.25, 0.3) is 0 Å². The van der Waals surface area contributed by atoms with Gasteiger partial charge in [0.2, 0.25) is 0 Å². The summed E-state index contributed by atoms with van der Waals surface area (Å²) in [6, 6.07) is 3.84. The van der Waals surface area contributed by atoms with Gasteiger partial charge in [-0.3, -0.25) is 0 Å². The molecule has 0 aliphatic carbocycles. The minimum absolute atomic E-state index is 0.0949. The van der Waals surface area contributed by atoms with Crippen molar-refractivity contribution >= 4 is 5.97 Å². The zero-order chi connectivity index (χ0) is 15.0. The number of carbonyl (C=O) groups is 1. The molecule has 0 aliphatic heterocycles. The molecule has 1 rings (SSSR count). The molecule has 0 amide bonds. The molecule has 0 heterocycles. The summed E-state index contributed by atoms with van der Waals surface area (Å²) >= 11 is 0. The van der Waals surface area contributed by atoms with Crippen molar-refractivity contribution in [2.75, 3.05) is 13.2 Å². The van der Waals surface area contributed by atoms with Gasteiger partial charge in [-0.25, -0.2) is 4.79 Å². The lowest BCUT2D eigenvalue weighted by atomic mass is 10.2. The smallest absolute Gasteiger partial charge is 0.330 e. The molecule has 0 saturated carbocycles.